The van der Waals surface area contributed by atoms with Crippen molar-refractivity contribution in [1.82, 2.24) is 0 Å². The molecule has 1 aromatic heterocycles. The monoisotopic (exact) mass is 310 g/mol. The molecule has 0 spiro atoms. The molecular formula is C15H19ClN2OS. The zero-order valence-electron chi connectivity index (χ0n) is 11.7. The summed E-state index contributed by atoms with van der Waals surface area (Å²) >= 11 is 7.52. The minimum Gasteiger partial charge on any atom is -0.491 e. The Morgan fingerprint density at radius 3 is 2.75 bits per heavy atom. The molecule has 0 fully saturated rings. The van der Waals surface area contributed by atoms with Gasteiger partial charge in [0.15, 0.2) is 0 Å². The second kappa shape index (κ2) is 6.86. The molecule has 0 saturated heterocycles. The van der Waals surface area contributed by atoms with Crippen LogP contribution < -0.4 is 15.8 Å². The van der Waals surface area contributed by atoms with E-state index < -0.39 is 0 Å². The van der Waals surface area contributed by atoms with Crippen LogP contribution >= 0.6 is 22.9 Å². The molecule has 0 aliphatic rings. The highest BCUT2D eigenvalue weighted by Crippen LogP contribution is 2.24. The Balaban J connectivity index is 1.93. The van der Waals surface area contributed by atoms with Crippen molar-refractivity contribution in [3.05, 3.63) is 39.5 Å². The number of nitrogens with one attached hydrogen (secondary N) is 1. The van der Waals surface area contributed by atoms with Gasteiger partial charge in [0.05, 0.1) is 10.4 Å². The maximum Gasteiger partial charge on any atom is 0.123 e. The van der Waals surface area contributed by atoms with Crippen LogP contribution in [0.5, 0.6) is 5.75 Å². The Morgan fingerprint density at radius 1 is 1.30 bits per heavy atom. The molecule has 3 N–H and O–H groups in total. The van der Waals surface area contributed by atoms with E-state index in [4.69, 9.17) is 22.1 Å². The largest absolute Gasteiger partial charge is 0.491 e. The molecule has 0 bridgehead atoms. The van der Waals surface area contributed by atoms with Crippen molar-refractivity contribution < 1.29 is 4.74 Å². The van der Waals surface area contributed by atoms with Gasteiger partial charge >= 0.3 is 0 Å². The Kier molecular flexibility index (Phi) is 5.15. The molecule has 0 aliphatic heterocycles. The van der Waals surface area contributed by atoms with E-state index in [1.54, 1.807) is 11.3 Å². The van der Waals surface area contributed by atoms with Crippen molar-refractivity contribution in [3.63, 3.8) is 0 Å². The first-order chi connectivity index (χ1) is 9.52. The van der Waals surface area contributed by atoms with E-state index in [9.17, 15) is 0 Å². The fourth-order valence-corrected chi connectivity index (χ4v) is 2.97. The minimum absolute atomic E-state index is 0.137. The van der Waals surface area contributed by atoms with Crippen LogP contribution in [0.25, 0.3) is 0 Å². The molecule has 20 heavy (non-hydrogen) atoms. The summed E-state index contributed by atoms with van der Waals surface area (Å²) in [6, 6.07) is 9.70. The van der Waals surface area contributed by atoms with Gasteiger partial charge in [-0.15, -0.1) is 11.3 Å². The van der Waals surface area contributed by atoms with Crippen LogP contribution in [0.1, 0.15) is 18.7 Å². The quantitative estimate of drug-likeness (QED) is 0.776. The van der Waals surface area contributed by atoms with Gasteiger partial charge in [0, 0.05) is 34.9 Å². The Hall–Kier alpha value is -1.39. The number of thiophene rings is 1. The third-order valence-corrected chi connectivity index (χ3v) is 3.92. The minimum atomic E-state index is 0.137. The van der Waals surface area contributed by atoms with Crippen LogP contribution in [-0.2, 0) is 6.42 Å². The predicted octanol–water partition coefficient (Wildman–Crippen LogP) is 4.43. The molecule has 0 atom stereocenters. The summed E-state index contributed by atoms with van der Waals surface area (Å²) in [5.74, 6) is 0.793. The van der Waals surface area contributed by atoms with Crippen LogP contribution in [-0.4, -0.2) is 12.6 Å². The van der Waals surface area contributed by atoms with Crippen LogP contribution in [0.15, 0.2) is 30.3 Å². The summed E-state index contributed by atoms with van der Waals surface area (Å²) in [5, 5.41) is 3.36. The van der Waals surface area contributed by atoms with Crippen LogP contribution in [0, 0.1) is 0 Å². The zero-order chi connectivity index (χ0) is 14.5. The second-order valence-electron chi connectivity index (χ2n) is 4.84. The van der Waals surface area contributed by atoms with Gasteiger partial charge in [-0.2, -0.15) is 0 Å². The van der Waals surface area contributed by atoms with Crippen molar-refractivity contribution in [2.45, 2.75) is 26.4 Å². The van der Waals surface area contributed by atoms with Crippen molar-refractivity contribution in [1.29, 1.82) is 0 Å². The van der Waals surface area contributed by atoms with Crippen molar-refractivity contribution in [2.24, 2.45) is 0 Å². The summed E-state index contributed by atoms with van der Waals surface area (Å²) in [6.45, 7) is 4.83. The van der Waals surface area contributed by atoms with Crippen LogP contribution in [0.4, 0.5) is 11.4 Å². The lowest BCUT2D eigenvalue weighted by molar-refractivity contribution is 0.242. The van der Waals surface area contributed by atoms with Gasteiger partial charge in [0.25, 0.3) is 0 Å². The Bertz CT molecular complexity index is 569. The maximum atomic E-state index is 5.91. The summed E-state index contributed by atoms with van der Waals surface area (Å²) < 4.78 is 6.50. The summed E-state index contributed by atoms with van der Waals surface area (Å²) in [6.07, 6.45) is 1.07. The fraction of sp³-hybridized carbons (Fsp3) is 0.333. The summed E-state index contributed by atoms with van der Waals surface area (Å²) in [5.41, 5.74) is 7.56. The number of ether oxygens (including phenoxy) is 1. The molecular weight excluding hydrogens is 292 g/mol. The van der Waals surface area contributed by atoms with Gasteiger partial charge in [-0.1, -0.05) is 11.6 Å². The number of hydrogen-bond acceptors (Lipinski definition) is 4. The highest BCUT2D eigenvalue weighted by Gasteiger charge is 2.03. The normalized spacial score (nSPS) is 10.8. The molecule has 2 aromatic rings. The van der Waals surface area contributed by atoms with Gasteiger partial charge in [0.2, 0.25) is 0 Å². The smallest absolute Gasteiger partial charge is 0.123 e. The number of nitrogen functional groups attached to an aromatic ring is 1. The zero-order valence-corrected chi connectivity index (χ0v) is 13.2. The Labute approximate surface area is 128 Å². The molecule has 0 unspecified atom stereocenters. The highest BCUT2D eigenvalue weighted by atomic mass is 35.5. The lowest BCUT2D eigenvalue weighted by Crippen LogP contribution is -2.08. The van der Waals surface area contributed by atoms with E-state index in [0.717, 1.165) is 28.7 Å². The van der Waals surface area contributed by atoms with E-state index >= 15 is 0 Å². The average Bonchev–Trinajstić information content (AvgIpc) is 2.73. The molecule has 0 radical (unpaired) electrons. The SMILES string of the molecule is CC(C)Oc1cc(N)cc(NCCc2ccc(Cl)s2)c1. The van der Waals surface area contributed by atoms with Gasteiger partial charge in [-0.05, 0) is 38.5 Å². The predicted molar refractivity (Wildman–Crippen MR) is 88.1 cm³/mol. The second-order valence-corrected chi connectivity index (χ2v) is 6.64. The first-order valence-corrected chi connectivity index (χ1v) is 7.77. The third-order valence-electron chi connectivity index (χ3n) is 2.63. The molecule has 1 heterocycles. The first-order valence-electron chi connectivity index (χ1n) is 6.58. The lowest BCUT2D eigenvalue weighted by Gasteiger charge is -2.13. The lowest BCUT2D eigenvalue weighted by atomic mass is 10.2. The van der Waals surface area contributed by atoms with Crippen molar-refractivity contribution in [3.8, 4) is 5.75 Å². The van der Waals surface area contributed by atoms with Crippen LogP contribution in [0.3, 0.4) is 0 Å². The molecule has 0 amide bonds. The van der Waals surface area contributed by atoms with E-state index in [2.05, 4.69) is 11.4 Å². The first kappa shape index (κ1) is 15.0. The summed E-state index contributed by atoms with van der Waals surface area (Å²) in [7, 11) is 0. The van der Waals surface area contributed by atoms with Gasteiger partial charge in [-0.3, -0.25) is 0 Å². The molecule has 108 valence electrons. The number of anilines is 2. The molecule has 3 nitrogen and oxygen atoms in total. The molecule has 0 saturated carbocycles. The maximum absolute atomic E-state index is 5.91. The number of nitrogens with two attached hydrogens (primary N) is 1. The van der Waals surface area contributed by atoms with Crippen molar-refractivity contribution in [2.75, 3.05) is 17.6 Å². The summed E-state index contributed by atoms with van der Waals surface area (Å²) in [4.78, 5) is 1.27. The number of rotatable bonds is 6. The number of hydrogen-bond donors (Lipinski definition) is 2. The van der Waals surface area contributed by atoms with E-state index in [1.807, 2.05) is 38.1 Å². The molecule has 1 aromatic carbocycles. The molecule has 0 aliphatic carbocycles. The topological polar surface area (TPSA) is 47.3 Å². The van der Waals surface area contributed by atoms with Crippen LogP contribution in [0.2, 0.25) is 4.34 Å². The van der Waals surface area contributed by atoms with E-state index in [1.165, 1.54) is 4.88 Å². The fourth-order valence-electron chi connectivity index (χ4n) is 1.88. The van der Waals surface area contributed by atoms with E-state index in [0.29, 0.717) is 5.69 Å². The van der Waals surface area contributed by atoms with E-state index in [-0.39, 0.29) is 6.10 Å². The van der Waals surface area contributed by atoms with Gasteiger partial charge in [0.1, 0.15) is 5.75 Å². The highest BCUT2D eigenvalue weighted by molar-refractivity contribution is 7.16. The molecule has 5 heteroatoms. The molecule has 2 rings (SSSR count). The third kappa shape index (κ3) is 4.62. The number of halogens is 1. The Morgan fingerprint density at radius 2 is 2.10 bits per heavy atom. The number of benzene rings is 1. The standard InChI is InChI=1S/C15H19ClN2OS/c1-10(2)19-13-8-11(17)7-12(9-13)18-6-5-14-3-4-15(16)20-14/h3-4,7-10,18H,5-6,17H2,1-2H3. The average molecular weight is 311 g/mol. The van der Waals surface area contributed by atoms with Gasteiger partial charge < -0.3 is 15.8 Å². The van der Waals surface area contributed by atoms with Crippen molar-refractivity contribution >= 4 is 34.3 Å². The van der Waals surface area contributed by atoms with Gasteiger partial charge in [-0.25, -0.2) is 0 Å².